The van der Waals surface area contributed by atoms with E-state index >= 15 is 0 Å². The van der Waals surface area contributed by atoms with Crippen LogP contribution in [0, 0.1) is 45.8 Å². The fourth-order valence-electron chi connectivity index (χ4n) is 11.3. The van der Waals surface area contributed by atoms with E-state index in [4.69, 9.17) is 67.0 Å². The standard InChI is InChI=1S/C60H110N4O16/c1-48(2)11-9-12-49(3)54-16-15-50-13-10-14-51-45-53(18-20-59(51,7)52(46-61)17-19-60(50,54)8)79-56(66)64-47-55(65)62-21-23-68-25-27-70-29-31-72-33-35-74-37-39-76-41-43-78-44-42-77-40-38-75-36-34-73-32-30-71-28-26-69-24-22-63-57(67)80-58(4,5)6/h14,46,48-50,52-54,61H,9-13,15-45,47H2,1-8H3,(H,62,65)(H,63,67)(H,64,66)/b51-14-,61-46?/t49-,50-,52+,53?,54-,59+,60+/m1/s1. The Labute approximate surface area is 481 Å². The van der Waals surface area contributed by atoms with E-state index < -0.39 is 17.8 Å². The first kappa shape index (κ1) is 71.2. The zero-order chi connectivity index (χ0) is 58.2. The monoisotopic (exact) mass is 1140 g/mol. The van der Waals surface area contributed by atoms with Gasteiger partial charge < -0.3 is 82.9 Å². The molecule has 3 amide bonds. The summed E-state index contributed by atoms with van der Waals surface area (Å²) in [6.45, 7) is 27.8. The van der Waals surface area contributed by atoms with Crippen LogP contribution >= 0.6 is 0 Å². The van der Waals surface area contributed by atoms with Gasteiger partial charge in [-0.1, -0.05) is 65.5 Å². The van der Waals surface area contributed by atoms with Crippen LogP contribution in [0.25, 0.3) is 0 Å². The molecule has 466 valence electrons. The lowest BCUT2D eigenvalue weighted by Crippen LogP contribution is -2.42. The number of amides is 3. The lowest BCUT2D eigenvalue weighted by molar-refractivity contribution is -0.120. The van der Waals surface area contributed by atoms with Gasteiger partial charge >= 0.3 is 12.2 Å². The molecule has 0 aromatic rings. The molecular formula is C60H110N4O16. The minimum absolute atomic E-state index is 0.115. The van der Waals surface area contributed by atoms with E-state index in [0.29, 0.717) is 176 Å². The lowest BCUT2D eigenvalue weighted by Gasteiger charge is -2.47. The van der Waals surface area contributed by atoms with Crippen molar-refractivity contribution in [3.8, 4) is 0 Å². The molecular weight excluding hydrogens is 1030 g/mol. The van der Waals surface area contributed by atoms with Crippen molar-refractivity contribution >= 4 is 24.3 Å². The summed E-state index contributed by atoms with van der Waals surface area (Å²) >= 11 is 0. The van der Waals surface area contributed by atoms with Crippen LogP contribution in [0.3, 0.4) is 0 Å². The Balaban J connectivity index is 1.04. The SMILES string of the molecule is CC(C)CCC[C@@H](C)[C@H]1CC[C@H]2CC/C=C3/CC(OC(=O)NCC(=O)NCCOCCOCCOCCOCCOCCOCCOCCOCCOCCOCCOCCNC(=O)OC(C)(C)C)CC[C@]3(C)[C@H](C=N)CC[C@@]21C. The Kier molecular flexibility index (Phi) is 38.1. The number of hydrogen-bond acceptors (Lipinski definition) is 17. The molecule has 0 heterocycles. The van der Waals surface area contributed by atoms with Gasteiger partial charge in [-0.25, -0.2) is 9.59 Å². The van der Waals surface area contributed by atoms with Crippen LogP contribution < -0.4 is 16.0 Å². The normalized spacial score (nSPS) is 23.3. The maximum absolute atomic E-state index is 12.8. The third-order valence-electron chi connectivity index (χ3n) is 15.7. The summed E-state index contributed by atoms with van der Waals surface area (Å²) < 4.78 is 71.7. The molecule has 20 nitrogen and oxygen atoms in total. The predicted octanol–water partition coefficient (Wildman–Crippen LogP) is 8.36. The molecule has 20 heteroatoms. The van der Waals surface area contributed by atoms with Crippen molar-refractivity contribution in [3.63, 3.8) is 0 Å². The molecule has 0 aromatic heterocycles. The first-order valence-electron chi connectivity index (χ1n) is 30.3. The Hall–Kier alpha value is -3.02. The molecule has 0 radical (unpaired) electrons. The Bertz CT molecular complexity index is 1670. The number of allylic oxidation sites excluding steroid dienone is 1. The minimum atomic E-state index is -0.580. The molecule has 2 fully saturated rings. The first-order valence-corrected chi connectivity index (χ1v) is 30.3. The van der Waals surface area contributed by atoms with Gasteiger partial charge in [0.15, 0.2) is 0 Å². The van der Waals surface area contributed by atoms with Gasteiger partial charge in [-0.05, 0) is 113 Å². The molecule has 3 aliphatic rings. The van der Waals surface area contributed by atoms with Crippen LogP contribution in [-0.4, -0.2) is 201 Å². The number of fused-ring (bicyclic) bond motifs is 2. The van der Waals surface area contributed by atoms with Crippen molar-refractivity contribution in [1.29, 1.82) is 5.41 Å². The average molecular weight is 1140 g/mol. The van der Waals surface area contributed by atoms with Gasteiger partial charge in [-0.3, -0.25) is 4.79 Å². The van der Waals surface area contributed by atoms with Crippen molar-refractivity contribution in [1.82, 2.24) is 16.0 Å². The summed E-state index contributed by atoms with van der Waals surface area (Å²) in [4.78, 5) is 36.9. The van der Waals surface area contributed by atoms with E-state index in [2.05, 4.69) is 56.6 Å². The molecule has 0 spiro atoms. The number of ether oxygens (including phenoxy) is 13. The van der Waals surface area contributed by atoms with Crippen LogP contribution in [0.1, 0.15) is 132 Å². The number of nitrogens with one attached hydrogen (secondary N) is 4. The second kappa shape index (κ2) is 42.7. The summed E-state index contributed by atoms with van der Waals surface area (Å²) in [6.07, 6.45) is 16.2. The minimum Gasteiger partial charge on any atom is -0.446 e. The van der Waals surface area contributed by atoms with Crippen molar-refractivity contribution in [2.75, 3.05) is 165 Å². The van der Waals surface area contributed by atoms with Crippen molar-refractivity contribution < 1.29 is 76.0 Å². The highest BCUT2D eigenvalue weighted by Crippen LogP contribution is 2.58. The Morgan fingerprint density at radius 1 is 0.588 bits per heavy atom. The van der Waals surface area contributed by atoms with Gasteiger partial charge in [-0.2, -0.15) is 0 Å². The topological polar surface area (TPSA) is 231 Å². The zero-order valence-corrected chi connectivity index (χ0v) is 50.8. The summed E-state index contributed by atoms with van der Waals surface area (Å²) in [5.41, 5.74) is 1.01. The van der Waals surface area contributed by atoms with Gasteiger partial charge in [0.25, 0.3) is 0 Å². The third-order valence-corrected chi connectivity index (χ3v) is 15.7. The lowest BCUT2D eigenvalue weighted by atomic mass is 9.58. The highest BCUT2D eigenvalue weighted by atomic mass is 16.6. The molecule has 0 aliphatic heterocycles. The summed E-state index contributed by atoms with van der Waals surface area (Å²) in [6, 6.07) is 0. The molecule has 4 N–H and O–H groups in total. The second-order valence-electron chi connectivity index (χ2n) is 23.4. The number of alkyl carbamates (subject to hydrolysis) is 2. The van der Waals surface area contributed by atoms with E-state index in [0.717, 1.165) is 43.4 Å². The molecule has 0 saturated heterocycles. The van der Waals surface area contributed by atoms with Gasteiger partial charge in [0, 0.05) is 25.4 Å². The number of carbonyl (C=O) groups is 3. The van der Waals surface area contributed by atoms with Crippen LogP contribution in [0.4, 0.5) is 9.59 Å². The maximum atomic E-state index is 12.8. The summed E-state index contributed by atoms with van der Waals surface area (Å²) in [7, 11) is 0. The summed E-state index contributed by atoms with van der Waals surface area (Å²) in [5, 5.41) is 16.6. The molecule has 0 bridgehead atoms. The zero-order valence-electron chi connectivity index (χ0n) is 50.8. The van der Waals surface area contributed by atoms with Crippen LogP contribution in [0.5, 0.6) is 0 Å². The van der Waals surface area contributed by atoms with Crippen molar-refractivity contribution in [2.45, 2.75) is 144 Å². The van der Waals surface area contributed by atoms with Gasteiger partial charge in [0.05, 0.1) is 152 Å². The number of carbonyl (C=O) groups excluding carboxylic acids is 3. The predicted molar refractivity (Wildman–Crippen MR) is 307 cm³/mol. The van der Waals surface area contributed by atoms with E-state index in [1.807, 2.05) is 20.8 Å². The Morgan fingerprint density at radius 3 is 1.50 bits per heavy atom. The average Bonchev–Trinajstić information content (AvgIpc) is 3.76. The third kappa shape index (κ3) is 31.6. The highest BCUT2D eigenvalue weighted by Gasteiger charge is 2.50. The van der Waals surface area contributed by atoms with Gasteiger partial charge in [-0.15, -0.1) is 0 Å². The van der Waals surface area contributed by atoms with E-state index in [-0.39, 0.29) is 29.9 Å². The first-order chi connectivity index (χ1) is 38.6. The van der Waals surface area contributed by atoms with Gasteiger partial charge in [0.1, 0.15) is 11.7 Å². The molecule has 1 unspecified atom stereocenters. The molecule has 2 saturated carbocycles. The second-order valence-corrected chi connectivity index (χ2v) is 23.4. The fourth-order valence-corrected chi connectivity index (χ4v) is 11.3. The molecule has 7 atom stereocenters. The largest absolute Gasteiger partial charge is 0.446 e. The fraction of sp³-hybridized carbons (Fsp3) is 0.900. The molecule has 3 rings (SSSR count). The number of rotatable bonds is 45. The van der Waals surface area contributed by atoms with Crippen LogP contribution in [0.15, 0.2) is 11.6 Å². The van der Waals surface area contributed by atoms with E-state index in [1.165, 1.54) is 50.5 Å². The van der Waals surface area contributed by atoms with E-state index in [9.17, 15) is 14.4 Å². The van der Waals surface area contributed by atoms with Gasteiger partial charge in [0.2, 0.25) is 5.91 Å². The summed E-state index contributed by atoms with van der Waals surface area (Å²) in [5.74, 6) is 2.81. The quantitative estimate of drug-likeness (QED) is 0.0255. The smallest absolute Gasteiger partial charge is 0.407 e. The van der Waals surface area contributed by atoms with Crippen LogP contribution in [0.2, 0.25) is 0 Å². The molecule has 3 aliphatic carbocycles. The highest BCUT2D eigenvalue weighted by molar-refractivity contribution is 5.82. The molecule has 80 heavy (non-hydrogen) atoms. The van der Waals surface area contributed by atoms with Crippen molar-refractivity contribution in [3.05, 3.63) is 11.6 Å². The number of hydrogen-bond donors (Lipinski definition) is 4. The van der Waals surface area contributed by atoms with Crippen molar-refractivity contribution in [2.24, 2.45) is 40.4 Å². The Morgan fingerprint density at radius 2 is 1.05 bits per heavy atom. The van der Waals surface area contributed by atoms with Crippen LogP contribution in [-0.2, 0) is 66.4 Å². The maximum Gasteiger partial charge on any atom is 0.407 e. The molecule has 0 aromatic carbocycles. The van der Waals surface area contributed by atoms with E-state index in [1.54, 1.807) is 6.21 Å².